The number of benzene rings is 1. The smallest absolute Gasteiger partial charge is 0.428 e. The first-order chi connectivity index (χ1) is 9.33. The third-order valence-electron chi connectivity index (χ3n) is 2.09. The molecule has 1 aromatic rings. The fourth-order valence-corrected chi connectivity index (χ4v) is 1.37. The quantitative estimate of drug-likeness (QED) is 0.656. The Morgan fingerprint density at radius 2 is 2.15 bits per heavy atom. The van der Waals surface area contributed by atoms with Crippen molar-refractivity contribution in [2.24, 2.45) is 5.10 Å². The van der Waals surface area contributed by atoms with Gasteiger partial charge in [-0.25, -0.2) is 10.2 Å². The molecule has 6 heteroatoms. The van der Waals surface area contributed by atoms with Gasteiger partial charge >= 0.3 is 6.09 Å². The maximum atomic E-state index is 11.4. The van der Waals surface area contributed by atoms with Crippen molar-refractivity contribution in [3.8, 4) is 11.5 Å². The average molecular weight is 280 g/mol. The van der Waals surface area contributed by atoms with Crippen LogP contribution in [-0.4, -0.2) is 29.6 Å². The Kier molecular flexibility index (Phi) is 5.37. The fourth-order valence-electron chi connectivity index (χ4n) is 1.37. The second-order valence-corrected chi connectivity index (χ2v) is 5.00. The summed E-state index contributed by atoms with van der Waals surface area (Å²) < 4.78 is 10.3. The van der Waals surface area contributed by atoms with Crippen LogP contribution in [0.1, 0.15) is 33.3 Å². The molecule has 0 aliphatic rings. The van der Waals surface area contributed by atoms with Crippen LogP contribution in [0, 0.1) is 0 Å². The van der Waals surface area contributed by atoms with E-state index in [1.807, 2.05) is 6.92 Å². The van der Waals surface area contributed by atoms with Crippen LogP contribution in [0.25, 0.3) is 0 Å². The van der Waals surface area contributed by atoms with Gasteiger partial charge in [-0.1, -0.05) is 6.07 Å². The number of hydrogen-bond acceptors (Lipinski definition) is 5. The zero-order chi connectivity index (χ0) is 15.2. The van der Waals surface area contributed by atoms with Gasteiger partial charge < -0.3 is 14.6 Å². The number of nitrogens with one attached hydrogen (secondary N) is 1. The molecule has 1 aromatic carbocycles. The van der Waals surface area contributed by atoms with E-state index in [9.17, 15) is 9.90 Å². The van der Waals surface area contributed by atoms with Crippen molar-refractivity contribution in [2.45, 2.75) is 33.3 Å². The average Bonchev–Trinajstić information content (AvgIpc) is 2.32. The number of hydrogen-bond donors (Lipinski definition) is 2. The number of rotatable bonds is 4. The van der Waals surface area contributed by atoms with E-state index in [2.05, 4.69) is 10.5 Å². The molecule has 0 atom stereocenters. The first-order valence-corrected chi connectivity index (χ1v) is 6.30. The molecule has 0 fully saturated rings. The van der Waals surface area contributed by atoms with Crippen molar-refractivity contribution < 1.29 is 19.4 Å². The van der Waals surface area contributed by atoms with Gasteiger partial charge in [0.15, 0.2) is 11.5 Å². The predicted molar refractivity (Wildman–Crippen MR) is 76.2 cm³/mol. The van der Waals surface area contributed by atoms with Crippen LogP contribution in [0.4, 0.5) is 4.79 Å². The predicted octanol–water partition coefficient (Wildman–Crippen LogP) is 2.65. The first kappa shape index (κ1) is 15.8. The number of nitrogens with zero attached hydrogens (tertiary/aromatic N) is 1. The third-order valence-corrected chi connectivity index (χ3v) is 2.09. The van der Waals surface area contributed by atoms with Gasteiger partial charge in [-0.2, -0.15) is 5.10 Å². The Morgan fingerprint density at radius 3 is 2.75 bits per heavy atom. The zero-order valence-electron chi connectivity index (χ0n) is 12.1. The summed E-state index contributed by atoms with van der Waals surface area (Å²) in [5, 5.41) is 13.6. The Balaban J connectivity index is 2.67. The largest absolute Gasteiger partial charge is 0.504 e. The van der Waals surface area contributed by atoms with Crippen LogP contribution in [-0.2, 0) is 4.74 Å². The Hall–Kier alpha value is -2.24. The number of carbonyl (C=O) groups excluding carboxylic acids is 1. The molecule has 0 saturated carbocycles. The van der Waals surface area contributed by atoms with Crippen LogP contribution in [0.3, 0.4) is 0 Å². The number of para-hydroxylation sites is 1. The Labute approximate surface area is 118 Å². The van der Waals surface area contributed by atoms with E-state index in [1.165, 1.54) is 6.21 Å². The van der Waals surface area contributed by atoms with E-state index in [0.717, 1.165) is 0 Å². The number of hydrazone groups is 1. The monoisotopic (exact) mass is 280 g/mol. The second kappa shape index (κ2) is 6.79. The lowest BCUT2D eigenvalue weighted by Crippen LogP contribution is -2.29. The molecular weight excluding hydrogens is 260 g/mol. The maximum absolute atomic E-state index is 11.4. The molecule has 0 saturated heterocycles. The van der Waals surface area contributed by atoms with Crippen LogP contribution in [0.2, 0.25) is 0 Å². The molecule has 6 nitrogen and oxygen atoms in total. The topological polar surface area (TPSA) is 80.2 Å². The minimum absolute atomic E-state index is 0.0240. The number of aromatic hydroxyl groups is 1. The number of amides is 1. The van der Waals surface area contributed by atoms with Crippen LogP contribution in [0.15, 0.2) is 23.3 Å². The number of carbonyl (C=O) groups is 1. The minimum Gasteiger partial charge on any atom is -0.504 e. The molecule has 20 heavy (non-hydrogen) atoms. The fraction of sp³-hybridized carbons (Fsp3) is 0.429. The molecule has 0 bridgehead atoms. The molecule has 1 amide bonds. The highest BCUT2D eigenvalue weighted by Crippen LogP contribution is 2.28. The highest BCUT2D eigenvalue weighted by molar-refractivity contribution is 5.85. The number of ether oxygens (including phenoxy) is 2. The van der Waals surface area contributed by atoms with Crippen molar-refractivity contribution in [1.82, 2.24) is 5.43 Å². The van der Waals surface area contributed by atoms with Crippen molar-refractivity contribution in [2.75, 3.05) is 6.61 Å². The summed E-state index contributed by atoms with van der Waals surface area (Å²) in [6.45, 7) is 7.55. The standard InChI is InChI=1S/C14H20N2O4/c1-5-19-11-8-6-7-10(12(11)17)9-15-16-13(18)20-14(2,3)4/h6-9,17H,5H2,1-4H3,(H,16,18)/b15-9-. The van der Waals surface area contributed by atoms with Gasteiger partial charge in [0, 0.05) is 5.56 Å². The molecule has 0 heterocycles. The maximum Gasteiger partial charge on any atom is 0.428 e. The molecule has 110 valence electrons. The van der Waals surface area contributed by atoms with E-state index in [-0.39, 0.29) is 5.75 Å². The summed E-state index contributed by atoms with van der Waals surface area (Å²) in [6.07, 6.45) is 0.663. The van der Waals surface area contributed by atoms with Crippen molar-refractivity contribution in [3.63, 3.8) is 0 Å². The van der Waals surface area contributed by atoms with Gasteiger partial charge in [-0.15, -0.1) is 0 Å². The zero-order valence-corrected chi connectivity index (χ0v) is 12.1. The van der Waals surface area contributed by atoms with Gasteiger partial charge in [0.1, 0.15) is 5.60 Å². The molecule has 0 unspecified atom stereocenters. The van der Waals surface area contributed by atoms with Crippen LogP contribution in [0.5, 0.6) is 11.5 Å². The molecule has 2 N–H and O–H groups in total. The molecule has 0 aromatic heterocycles. The SMILES string of the molecule is CCOc1cccc(/C=N\NC(=O)OC(C)(C)C)c1O. The van der Waals surface area contributed by atoms with E-state index >= 15 is 0 Å². The summed E-state index contributed by atoms with van der Waals surface area (Å²) >= 11 is 0. The van der Waals surface area contributed by atoms with Gasteiger partial charge in [-0.3, -0.25) is 0 Å². The van der Waals surface area contributed by atoms with E-state index in [1.54, 1.807) is 39.0 Å². The summed E-state index contributed by atoms with van der Waals surface area (Å²) in [6, 6.07) is 5.02. The highest BCUT2D eigenvalue weighted by Gasteiger charge is 2.15. The van der Waals surface area contributed by atoms with Gasteiger partial charge in [0.25, 0.3) is 0 Å². The molecular formula is C14H20N2O4. The first-order valence-electron chi connectivity index (χ1n) is 6.30. The second-order valence-electron chi connectivity index (χ2n) is 5.00. The van der Waals surface area contributed by atoms with Crippen LogP contribution >= 0.6 is 0 Å². The summed E-state index contributed by atoms with van der Waals surface area (Å²) in [4.78, 5) is 11.4. The van der Waals surface area contributed by atoms with Gasteiger partial charge in [0.05, 0.1) is 12.8 Å². The van der Waals surface area contributed by atoms with Crippen LogP contribution < -0.4 is 10.2 Å². The molecule has 0 aliphatic heterocycles. The third kappa shape index (κ3) is 5.17. The molecule has 0 aliphatic carbocycles. The number of phenols is 1. The number of phenolic OH excluding ortho intramolecular Hbond substituents is 1. The lowest BCUT2D eigenvalue weighted by Gasteiger charge is -2.18. The van der Waals surface area contributed by atoms with E-state index in [0.29, 0.717) is 17.9 Å². The van der Waals surface area contributed by atoms with Gasteiger partial charge in [-0.05, 0) is 39.8 Å². The Morgan fingerprint density at radius 1 is 1.45 bits per heavy atom. The normalized spacial score (nSPS) is 11.4. The molecule has 0 radical (unpaired) electrons. The van der Waals surface area contributed by atoms with Gasteiger partial charge in [0.2, 0.25) is 0 Å². The van der Waals surface area contributed by atoms with Crippen molar-refractivity contribution in [3.05, 3.63) is 23.8 Å². The van der Waals surface area contributed by atoms with Crippen molar-refractivity contribution >= 4 is 12.3 Å². The van der Waals surface area contributed by atoms with Crippen molar-refractivity contribution in [1.29, 1.82) is 0 Å². The summed E-state index contributed by atoms with van der Waals surface area (Å²) in [7, 11) is 0. The van der Waals surface area contributed by atoms with E-state index < -0.39 is 11.7 Å². The molecule has 1 rings (SSSR count). The Bertz CT molecular complexity index is 492. The minimum atomic E-state index is -0.658. The lowest BCUT2D eigenvalue weighted by atomic mass is 10.2. The van der Waals surface area contributed by atoms with E-state index in [4.69, 9.17) is 9.47 Å². The molecule has 0 spiro atoms. The summed E-state index contributed by atoms with van der Waals surface area (Å²) in [5.74, 6) is 0.345. The highest BCUT2D eigenvalue weighted by atomic mass is 16.6. The summed E-state index contributed by atoms with van der Waals surface area (Å²) in [5.41, 5.74) is 2.07. The lowest BCUT2D eigenvalue weighted by molar-refractivity contribution is 0.0529.